The number of fused-ring (bicyclic) bond motifs is 1. The van der Waals surface area contributed by atoms with Crippen molar-refractivity contribution < 1.29 is 22.0 Å². The van der Waals surface area contributed by atoms with E-state index in [1.807, 2.05) is 13.8 Å². The van der Waals surface area contributed by atoms with Crippen LogP contribution in [0, 0.1) is 11.6 Å². The van der Waals surface area contributed by atoms with Gasteiger partial charge >= 0.3 is 0 Å². The van der Waals surface area contributed by atoms with Gasteiger partial charge in [0.05, 0.1) is 22.2 Å². The number of carbonyl (C=O) groups excluding carboxylic acids is 1. The number of hydrogen-bond donors (Lipinski definition) is 4. The number of H-pyrrole nitrogens is 1. The van der Waals surface area contributed by atoms with Gasteiger partial charge in [-0.2, -0.15) is 0 Å². The summed E-state index contributed by atoms with van der Waals surface area (Å²) in [6.07, 6.45) is 2.58. The number of sulfonamides is 1. The molecule has 0 bridgehead atoms. The molecule has 2 aromatic heterocycles. The summed E-state index contributed by atoms with van der Waals surface area (Å²) in [6, 6.07) is 1.74. The van der Waals surface area contributed by atoms with Gasteiger partial charge in [0.15, 0.2) is 5.82 Å². The summed E-state index contributed by atoms with van der Waals surface area (Å²) in [5.74, 6) is -3.09. The maximum atomic E-state index is 15.2. The molecule has 0 aliphatic carbocycles. The lowest BCUT2D eigenvalue weighted by Crippen LogP contribution is -2.37. The molecule has 1 aromatic carbocycles. The molecule has 0 saturated carbocycles. The maximum Gasteiger partial charge on any atom is 0.248 e. The summed E-state index contributed by atoms with van der Waals surface area (Å²) in [4.78, 5) is 24.2. The molecule has 172 valence electrons. The topological polar surface area (TPSA) is 129 Å². The number of aromatic nitrogens is 3. The monoisotopic (exact) mass is 466 g/mol. The Labute approximate surface area is 184 Å². The molecule has 0 radical (unpaired) electrons. The van der Waals surface area contributed by atoms with E-state index in [1.165, 1.54) is 19.4 Å². The Morgan fingerprint density at radius 3 is 2.56 bits per heavy atom. The van der Waals surface area contributed by atoms with Crippen LogP contribution in [0.25, 0.3) is 11.0 Å². The summed E-state index contributed by atoms with van der Waals surface area (Å²) in [5, 5.41) is 5.01. The highest BCUT2D eigenvalue weighted by Crippen LogP contribution is 2.30. The standard InChI is InChI=1S/C20H24F2N6O3S/c1-5-23-11(4)32(30,31)28-14-7-6-13(21)16(17(14)22)18(29)12-8-24-19-15(12)20(26-9-25-19)27-10(2)3/h6-11,23,28H,5H2,1-4H3,(H2,24,25,26,27). The zero-order valence-electron chi connectivity index (χ0n) is 18.0. The third-order valence-corrected chi connectivity index (χ3v) is 6.27. The molecule has 12 heteroatoms. The number of ketones is 1. The lowest BCUT2D eigenvalue weighted by Gasteiger charge is -2.17. The van der Waals surface area contributed by atoms with Gasteiger partial charge < -0.3 is 15.6 Å². The van der Waals surface area contributed by atoms with Crippen molar-refractivity contribution in [1.82, 2.24) is 20.3 Å². The molecule has 0 saturated heterocycles. The molecular formula is C20H24F2N6O3S. The van der Waals surface area contributed by atoms with Crippen molar-refractivity contribution >= 4 is 38.3 Å². The highest BCUT2D eigenvalue weighted by atomic mass is 32.2. The van der Waals surface area contributed by atoms with Crippen molar-refractivity contribution in [3.05, 3.63) is 47.4 Å². The number of benzene rings is 1. The fourth-order valence-corrected chi connectivity index (χ4v) is 4.16. The predicted octanol–water partition coefficient (Wildman–Crippen LogP) is 2.98. The average Bonchev–Trinajstić information content (AvgIpc) is 3.15. The van der Waals surface area contributed by atoms with E-state index in [0.717, 1.165) is 12.1 Å². The molecule has 0 fully saturated rings. The predicted molar refractivity (Wildman–Crippen MR) is 118 cm³/mol. The highest BCUT2D eigenvalue weighted by molar-refractivity contribution is 7.93. The van der Waals surface area contributed by atoms with Crippen LogP contribution in [0.5, 0.6) is 0 Å². The van der Waals surface area contributed by atoms with Crippen LogP contribution in [0.3, 0.4) is 0 Å². The van der Waals surface area contributed by atoms with Crippen LogP contribution in [-0.2, 0) is 10.0 Å². The normalized spacial score (nSPS) is 12.8. The molecule has 1 atom stereocenters. The summed E-state index contributed by atoms with van der Waals surface area (Å²) in [6.45, 7) is 7.20. The van der Waals surface area contributed by atoms with Gasteiger partial charge in [-0.15, -0.1) is 0 Å². The van der Waals surface area contributed by atoms with Gasteiger partial charge in [0.2, 0.25) is 15.8 Å². The third-order valence-electron chi connectivity index (χ3n) is 4.67. The van der Waals surface area contributed by atoms with E-state index in [1.54, 1.807) is 6.92 Å². The quantitative estimate of drug-likeness (QED) is 0.357. The van der Waals surface area contributed by atoms with Crippen LogP contribution in [0.15, 0.2) is 24.7 Å². The number of rotatable bonds is 9. The minimum absolute atomic E-state index is 0.0316. The van der Waals surface area contributed by atoms with Gasteiger partial charge in [0.25, 0.3) is 0 Å². The van der Waals surface area contributed by atoms with Gasteiger partial charge in [-0.3, -0.25) is 9.52 Å². The SMILES string of the molecule is CCNC(C)S(=O)(=O)Nc1ccc(F)c(C(=O)c2c[nH]c3ncnc(NC(C)C)c23)c1F. The number of nitrogens with zero attached hydrogens (tertiary/aromatic N) is 2. The Balaban J connectivity index is 2.08. The second-order valence-corrected chi connectivity index (χ2v) is 9.41. The number of aromatic amines is 1. The number of hydrogen-bond acceptors (Lipinski definition) is 7. The summed E-state index contributed by atoms with van der Waals surface area (Å²) in [5.41, 5.74) is -1.16. The first-order valence-corrected chi connectivity index (χ1v) is 11.5. The molecule has 0 aliphatic rings. The number of anilines is 2. The number of halogens is 2. The van der Waals surface area contributed by atoms with Gasteiger partial charge in [0, 0.05) is 12.2 Å². The van der Waals surface area contributed by atoms with Crippen LogP contribution >= 0.6 is 0 Å². The smallest absolute Gasteiger partial charge is 0.248 e. The van der Waals surface area contributed by atoms with E-state index < -0.39 is 44.1 Å². The maximum absolute atomic E-state index is 15.2. The van der Waals surface area contributed by atoms with Crippen LogP contribution in [0.2, 0.25) is 0 Å². The molecule has 0 amide bonds. The first-order chi connectivity index (χ1) is 15.1. The second-order valence-electron chi connectivity index (χ2n) is 7.41. The Morgan fingerprint density at radius 1 is 1.19 bits per heavy atom. The van der Waals surface area contributed by atoms with Crippen LogP contribution in [-0.4, -0.2) is 47.1 Å². The minimum atomic E-state index is -4.03. The fraction of sp³-hybridized carbons (Fsp3) is 0.350. The second kappa shape index (κ2) is 9.17. The number of nitrogens with one attached hydrogen (secondary N) is 4. The molecule has 3 rings (SSSR count). The van der Waals surface area contributed by atoms with Crippen LogP contribution in [0.1, 0.15) is 43.6 Å². The zero-order valence-corrected chi connectivity index (χ0v) is 18.8. The van der Waals surface area contributed by atoms with Crippen molar-refractivity contribution in [1.29, 1.82) is 0 Å². The first kappa shape index (κ1) is 23.5. The molecule has 1 unspecified atom stereocenters. The molecule has 9 nitrogen and oxygen atoms in total. The zero-order chi connectivity index (χ0) is 23.6. The highest BCUT2D eigenvalue weighted by Gasteiger charge is 2.28. The molecule has 4 N–H and O–H groups in total. The largest absolute Gasteiger partial charge is 0.367 e. The van der Waals surface area contributed by atoms with E-state index in [-0.39, 0.29) is 17.0 Å². The van der Waals surface area contributed by atoms with E-state index in [9.17, 15) is 17.6 Å². The van der Waals surface area contributed by atoms with E-state index in [4.69, 9.17) is 0 Å². The molecule has 32 heavy (non-hydrogen) atoms. The fourth-order valence-electron chi connectivity index (χ4n) is 3.14. The van der Waals surface area contributed by atoms with Gasteiger partial charge in [-0.1, -0.05) is 6.92 Å². The van der Waals surface area contributed by atoms with Crippen LogP contribution in [0.4, 0.5) is 20.3 Å². The number of carbonyl (C=O) groups is 1. The Kier molecular flexibility index (Phi) is 6.74. The van der Waals surface area contributed by atoms with E-state index in [2.05, 4.69) is 30.3 Å². The Hall–Kier alpha value is -3.12. The van der Waals surface area contributed by atoms with Crippen molar-refractivity contribution in [3.63, 3.8) is 0 Å². The Morgan fingerprint density at radius 2 is 1.91 bits per heavy atom. The minimum Gasteiger partial charge on any atom is -0.367 e. The average molecular weight is 467 g/mol. The molecule has 0 spiro atoms. The van der Waals surface area contributed by atoms with E-state index >= 15 is 4.39 Å². The summed E-state index contributed by atoms with van der Waals surface area (Å²) < 4.78 is 56.7. The lowest BCUT2D eigenvalue weighted by molar-refractivity contribution is 0.103. The molecule has 0 aliphatic heterocycles. The van der Waals surface area contributed by atoms with E-state index in [0.29, 0.717) is 18.0 Å². The summed E-state index contributed by atoms with van der Waals surface area (Å²) >= 11 is 0. The van der Waals surface area contributed by atoms with Crippen LogP contribution < -0.4 is 15.4 Å². The first-order valence-electron chi connectivity index (χ1n) is 9.93. The van der Waals surface area contributed by atoms with Gasteiger partial charge in [-0.25, -0.2) is 27.2 Å². The van der Waals surface area contributed by atoms with Gasteiger partial charge in [0.1, 0.15) is 29.0 Å². The summed E-state index contributed by atoms with van der Waals surface area (Å²) in [7, 11) is -4.03. The Bertz CT molecular complexity index is 1260. The van der Waals surface area contributed by atoms with Gasteiger partial charge in [-0.05, 0) is 39.4 Å². The van der Waals surface area contributed by atoms with Crippen molar-refractivity contribution in [2.24, 2.45) is 0 Å². The molecular weight excluding hydrogens is 442 g/mol. The lowest BCUT2D eigenvalue weighted by atomic mass is 10.0. The van der Waals surface area contributed by atoms with Crippen molar-refractivity contribution in [2.45, 2.75) is 39.1 Å². The third kappa shape index (κ3) is 4.55. The molecule has 3 aromatic rings. The molecule has 2 heterocycles. The van der Waals surface area contributed by atoms with Crippen molar-refractivity contribution in [3.8, 4) is 0 Å². The van der Waals surface area contributed by atoms with Crippen molar-refractivity contribution in [2.75, 3.05) is 16.6 Å².